The fraction of sp³-hybridized carbons (Fsp3) is 0.379. The molecule has 0 atom stereocenters. The summed E-state index contributed by atoms with van der Waals surface area (Å²) in [7, 11) is 0. The molecule has 0 spiro atoms. The van der Waals surface area contributed by atoms with Gasteiger partial charge in [-0.1, -0.05) is 46.9 Å². The van der Waals surface area contributed by atoms with Crippen LogP contribution in [0.3, 0.4) is 0 Å². The molecule has 2 aromatic carbocycles. The molecule has 2 aliphatic rings. The maximum absolute atomic E-state index is 14.0. The van der Waals surface area contributed by atoms with E-state index in [-0.39, 0.29) is 24.7 Å². The zero-order valence-corrected chi connectivity index (χ0v) is 24.1. The molecule has 11 heteroatoms. The van der Waals surface area contributed by atoms with Crippen molar-refractivity contribution in [3.63, 3.8) is 0 Å². The van der Waals surface area contributed by atoms with Crippen molar-refractivity contribution in [3.05, 3.63) is 92.1 Å². The van der Waals surface area contributed by atoms with E-state index in [1.165, 1.54) is 18.3 Å². The van der Waals surface area contributed by atoms with Crippen molar-refractivity contribution in [1.29, 1.82) is 0 Å². The number of amides is 1. The zero-order chi connectivity index (χ0) is 28.2. The Bertz CT molecular complexity index is 1370. The summed E-state index contributed by atoms with van der Waals surface area (Å²) in [6.07, 6.45) is 3.64. The molecular formula is C29H32Cl3F2N5O. The van der Waals surface area contributed by atoms with Crippen LogP contribution < -0.4 is 10.2 Å². The topological polar surface area (TPSA) is 51.7 Å². The van der Waals surface area contributed by atoms with Crippen LogP contribution in [0.25, 0.3) is 0 Å². The molecule has 0 unspecified atom stereocenters. The Morgan fingerprint density at radius 2 is 1.68 bits per heavy atom. The number of nitrogens with one attached hydrogen (secondary N) is 1. The van der Waals surface area contributed by atoms with Gasteiger partial charge in [-0.05, 0) is 61.8 Å². The normalized spacial score (nSPS) is 17.3. The highest BCUT2D eigenvalue weighted by atomic mass is 35.5. The monoisotopic (exact) mass is 609 g/mol. The van der Waals surface area contributed by atoms with Crippen molar-refractivity contribution >= 4 is 46.5 Å². The van der Waals surface area contributed by atoms with Crippen LogP contribution >= 0.6 is 34.8 Å². The van der Waals surface area contributed by atoms with Gasteiger partial charge in [-0.2, -0.15) is 0 Å². The van der Waals surface area contributed by atoms with Crippen LogP contribution in [0, 0.1) is 11.6 Å². The summed E-state index contributed by atoms with van der Waals surface area (Å²) in [6.45, 7) is 6.08. The summed E-state index contributed by atoms with van der Waals surface area (Å²) in [5.74, 6) is -0.567. The Morgan fingerprint density at radius 1 is 0.925 bits per heavy atom. The van der Waals surface area contributed by atoms with Gasteiger partial charge in [0.15, 0.2) is 0 Å². The number of piperazine rings is 1. The third-order valence-electron chi connectivity index (χ3n) is 7.62. The first-order valence-electron chi connectivity index (χ1n) is 13.3. The van der Waals surface area contributed by atoms with Crippen LogP contribution in [0.2, 0.25) is 15.1 Å². The number of pyridine rings is 1. The van der Waals surface area contributed by atoms with Gasteiger partial charge in [0.25, 0.3) is 5.91 Å². The summed E-state index contributed by atoms with van der Waals surface area (Å²) in [5.41, 5.74) is 1.60. The largest absolute Gasteiger partial charge is 0.353 e. The minimum absolute atomic E-state index is 0. The van der Waals surface area contributed by atoms with Crippen molar-refractivity contribution in [2.24, 2.45) is 0 Å². The second-order valence-corrected chi connectivity index (χ2v) is 11.5. The fourth-order valence-electron chi connectivity index (χ4n) is 5.37. The number of benzene rings is 2. The van der Waals surface area contributed by atoms with Crippen molar-refractivity contribution in [1.82, 2.24) is 20.1 Å². The zero-order valence-electron chi connectivity index (χ0n) is 21.9. The van der Waals surface area contributed by atoms with E-state index in [4.69, 9.17) is 34.8 Å². The summed E-state index contributed by atoms with van der Waals surface area (Å²) in [5, 5.41) is 3.56. The summed E-state index contributed by atoms with van der Waals surface area (Å²) < 4.78 is 27.8. The van der Waals surface area contributed by atoms with Crippen molar-refractivity contribution in [2.75, 3.05) is 44.2 Å². The standard InChI is InChI=1S/C29H30Cl3F2N5O.H2/c30-22-3-2-20(26(33)15-22)16-36-29(40)21-14-25(32)28(35-17-21)39-11-9-38(10-12-39)23-5-7-37(8-6-23)18-19-1-4-24(31)27(34)13-19;/h1-4,13-15,17,23H,5-12,16,18H2,(H,36,40);1H. The molecule has 214 valence electrons. The number of halogens is 5. The molecule has 2 fully saturated rings. The van der Waals surface area contributed by atoms with Gasteiger partial charge in [0.05, 0.1) is 15.6 Å². The number of carbonyl (C=O) groups excluding carboxylic acids is 1. The third-order valence-corrected chi connectivity index (χ3v) is 8.44. The quantitative estimate of drug-likeness (QED) is 0.341. The molecule has 1 amide bonds. The maximum Gasteiger partial charge on any atom is 0.253 e. The Morgan fingerprint density at radius 3 is 2.35 bits per heavy atom. The number of carbonyl (C=O) groups is 1. The molecule has 2 aliphatic heterocycles. The molecule has 6 nitrogen and oxygen atoms in total. The predicted molar refractivity (Wildman–Crippen MR) is 157 cm³/mol. The lowest BCUT2D eigenvalue weighted by Crippen LogP contribution is -2.53. The number of piperidine rings is 1. The SMILES string of the molecule is O=C(NCc1ccc(Cl)cc1F)c1cnc(N2CCN(C3CCN(Cc4ccc(Cl)c(F)c4)CC3)CC2)c(Cl)c1.[HH]. The van der Waals surface area contributed by atoms with Crippen LogP contribution in [-0.2, 0) is 13.1 Å². The van der Waals surface area contributed by atoms with E-state index in [0.29, 0.717) is 33.0 Å². The Balaban J connectivity index is 0.00000387. The Labute approximate surface area is 249 Å². The van der Waals surface area contributed by atoms with E-state index in [1.54, 1.807) is 24.3 Å². The molecule has 3 heterocycles. The lowest BCUT2D eigenvalue weighted by Gasteiger charge is -2.43. The van der Waals surface area contributed by atoms with Crippen molar-refractivity contribution in [2.45, 2.75) is 32.0 Å². The molecular weight excluding hydrogens is 579 g/mol. The predicted octanol–water partition coefficient (Wildman–Crippen LogP) is 6.28. The lowest BCUT2D eigenvalue weighted by atomic mass is 10.0. The third kappa shape index (κ3) is 7.04. The highest BCUT2D eigenvalue weighted by Crippen LogP contribution is 2.27. The first-order valence-corrected chi connectivity index (χ1v) is 14.4. The number of likely N-dealkylation sites (tertiary alicyclic amines) is 1. The van der Waals surface area contributed by atoms with E-state index in [1.807, 2.05) is 6.07 Å². The Kier molecular flexibility index (Phi) is 9.43. The summed E-state index contributed by atoms with van der Waals surface area (Å²) >= 11 is 18.1. The second kappa shape index (κ2) is 13.0. The number of hydrogen-bond acceptors (Lipinski definition) is 5. The first kappa shape index (κ1) is 29.0. The van der Waals surface area contributed by atoms with Crippen molar-refractivity contribution in [3.8, 4) is 0 Å². The van der Waals surface area contributed by atoms with Crippen LogP contribution in [0.15, 0.2) is 48.7 Å². The average Bonchev–Trinajstić information content (AvgIpc) is 2.95. The average molecular weight is 611 g/mol. The van der Waals surface area contributed by atoms with Crippen LogP contribution in [0.5, 0.6) is 0 Å². The maximum atomic E-state index is 14.0. The van der Waals surface area contributed by atoms with Gasteiger partial charge >= 0.3 is 0 Å². The molecule has 5 rings (SSSR count). The number of hydrogen-bond donors (Lipinski definition) is 1. The molecule has 0 aliphatic carbocycles. The number of nitrogens with zero attached hydrogens (tertiary/aromatic N) is 4. The lowest BCUT2D eigenvalue weighted by molar-refractivity contribution is 0.0950. The number of aromatic nitrogens is 1. The van der Waals surface area contributed by atoms with E-state index in [0.717, 1.165) is 64.2 Å². The van der Waals surface area contributed by atoms with E-state index in [2.05, 4.69) is 25.0 Å². The van der Waals surface area contributed by atoms with Gasteiger partial charge < -0.3 is 10.2 Å². The van der Waals surface area contributed by atoms with Gasteiger partial charge in [0.2, 0.25) is 0 Å². The summed E-state index contributed by atoms with van der Waals surface area (Å²) in [4.78, 5) is 24.1. The van der Waals surface area contributed by atoms with E-state index in [9.17, 15) is 13.6 Å². The molecule has 1 N–H and O–H groups in total. The highest BCUT2D eigenvalue weighted by molar-refractivity contribution is 6.33. The van der Waals surface area contributed by atoms with Crippen LogP contribution in [0.1, 0.15) is 35.8 Å². The highest BCUT2D eigenvalue weighted by Gasteiger charge is 2.28. The number of anilines is 1. The van der Waals surface area contributed by atoms with Gasteiger partial charge in [-0.3, -0.25) is 14.6 Å². The first-order chi connectivity index (χ1) is 19.3. The van der Waals surface area contributed by atoms with E-state index >= 15 is 0 Å². The molecule has 0 radical (unpaired) electrons. The summed E-state index contributed by atoms with van der Waals surface area (Å²) in [6, 6.07) is 11.5. The molecule has 2 saturated heterocycles. The van der Waals surface area contributed by atoms with Crippen LogP contribution in [0.4, 0.5) is 14.6 Å². The van der Waals surface area contributed by atoms with Gasteiger partial charge in [0, 0.05) is 63.5 Å². The molecule has 0 bridgehead atoms. The minimum atomic E-state index is -0.473. The molecule has 1 aromatic heterocycles. The van der Waals surface area contributed by atoms with Crippen molar-refractivity contribution < 1.29 is 15.0 Å². The van der Waals surface area contributed by atoms with E-state index < -0.39 is 5.82 Å². The second-order valence-electron chi connectivity index (χ2n) is 10.2. The van der Waals surface area contributed by atoms with Crippen LogP contribution in [-0.4, -0.2) is 66.0 Å². The molecule has 40 heavy (non-hydrogen) atoms. The molecule has 0 saturated carbocycles. The minimum Gasteiger partial charge on any atom is -0.353 e. The fourth-order valence-corrected chi connectivity index (χ4v) is 5.93. The smallest absolute Gasteiger partial charge is 0.253 e. The Hall–Kier alpha value is -2.49. The number of rotatable bonds is 7. The van der Waals surface area contributed by atoms with Gasteiger partial charge in [0.1, 0.15) is 17.5 Å². The van der Waals surface area contributed by atoms with Gasteiger partial charge in [-0.15, -0.1) is 0 Å². The molecule has 3 aromatic rings. The van der Waals surface area contributed by atoms with Gasteiger partial charge in [-0.25, -0.2) is 13.8 Å².